The highest BCUT2D eigenvalue weighted by Gasteiger charge is 2.05. The van der Waals surface area contributed by atoms with E-state index >= 15 is 0 Å². The molecule has 8 nitrogen and oxygen atoms in total. The minimum atomic E-state index is -0.193. The highest BCUT2D eigenvalue weighted by atomic mass is 16.1. The molecule has 1 aromatic carbocycles. The molecule has 0 spiro atoms. The summed E-state index contributed by atoms with van der Waals surface area (Å²) in [5, 5.41) is 17.9. The number of hydrogen-bond acceptors (Lipinski definition) is 7. The van der Waals surface area contributed by atoms with Crippen LogP contribution in [0.3, 0.4) is 0 Å². The van der Waals surface area contributed by atoms with Gasteiger partial charge in [-0.25, -0.2) is 15.0 Å². The van der Waals surface area contributed by atoms with Crippen molar-refractivity contribution in [2.45, 2.75) is 6.92 Å². The average Bonchev–Trinajstić information content (AvgIpc) is 2.71. The van der Waals surface area contributed by atoms with Crippen molar-refractivity contribution in [1.82, 2.24) is 20.3 Å². The van der Waals surface area contributed by atoms with Gasteiger partial charge in [-0.2, -0.15) is 5.26 Å². The van der Waals surface area contributed by atoms with E-state index in [1.165, 1.54) is 6.33 Å². The molecule has 3 rings (SSSR count). The van der Waals surface area contributed by atoms with E-state index in [-0.39, 0.29) is 5.91 Å². The highest BCUT2D eigenvalue weighted by molar-refractivity contribution is 5.94. The maximum Gasteiger partial charge on any atom is 0.251 e. The van der Waals surface area contributed by atoms with Gasteiger partial charge in [0.05, 0.1) is 11.6 Å². The number of aromatic nitrogens is 3. The third-order valence-electron chi connectivity index (χ3n) is 3.83. The van der Waals surface area contributed by atoms with Crippen molar-refractivity contribution in [2.75, 3.05) is 23.7 Å². The molecule has 0 saturated carbocycles. The second-order valence-electron chi connectivity index (χ2n) is 6.00. The molecule has 2 aromatic heterocycles. The molecule has 0 bridgehead atoms. The first-order chi connectivity index (χ1) is 13.6. The van der Waals surface area contributed by atoms with Gasteiger partial charge in [0.2, 0.25) is 0 Å². The van der Waals surface area contributed by atoms with Gasteiger partial charge in [-0.3, -0.25) is 4.79 Å². The van der Waals surface area contributed by atoms with E-state index in [0.29, 0.717) is 41.7 Å². The van der Waals surface area contributed by atoms with E-state index in [4.69, 9.17) is 5.26 Å². The van der Waals surface area contributed by atoms with Crippen LogP contribution < -0.4 is 16.0 Å². The summed E-state index contributed by atoms with van der Waals surface area (Å²) >= 11 is 0. The molecule has 0 unspecified atom stereocenters. The second kappa shape index (κ2) is 9.09. The summed E-state index contributed by atoms with van der Waals surface area (Å²) in [6, 6.07) is 14.1. The third kappa shape index (κ3) is 5.25. The van der Waals surface area contributed by atoms with Crippen LogP contribution in [0.25, 0.3) is 0 Å². The fourth-order valence-electron chi connectivity index (χ4n) is 2.42. The molecule has 0 aliphatic rings. The minimum Gasteiger partial charge on any atom is -0.368 e. The van der Waals surface area contributed by atoms with E-state index in [1.807, 2.05) is 25.1 Å². The number of nitriles is 1. The Hall–Kier alpha value is -3.99. The lowest BCUT2D eigenvalue weighted by molar-refractivity contribution is 0.0955. The first-order valence-corrected chi connectivity index (χ1v) is 8.68. The minimum absolute atomic E-state index is 0.193. The number of aryl methyl sites for hydroxylation is 1. The molecule has 0 aliphatic carbocycles. The van der Waals surface area contributed by atoms with Gasteiger partial charge in [-0.1, -0.05) is 0 Å². The van der Waals surface area contributed by atoms with Crippen molar-refractivity contribution in [1.29, 1.82) is 5.26 Å². The Kier molecular flexibility index (Phi) is 6.10. The third-order valence-corrected chi connectivity index (χ3v) is 3.83. The van der Waals surface area contributed by atoms with Gasteiger partial charge >= 0.3 is 0 Å². The molecule has 0 atom stereocenters. The zero-order valence-electron chi connectivity index (χ0n) is 15.3. The Morgan fingerprint density at radius 3 is 2.50 bits per heavy atom. The van der Waals surface area contributed by atoms with Crippen molar-refractivity contribution >= 4 is 23.4 Å². The molecule has 0 aliphatic heterocycles. The normalized spacial score (nSPS) is 10.0. The Morgan fingerprint density at radius 2 is 1.75 bits per heavy atom. The van der Waals surface area contributed by atoms with Gasteiger partial charge in [0, 0.05) is 30.9 Å². The molecular weight excluding hydrogens is 354 g/mol. The molecule has 140 valence electrons. The van der Waals surface area contributed by atoms with Gasteiger partial charge in [-0.15, -0.1) is 0 Å². The summed E-state index contributed by atoms with van der Waals surface area (Å²) in [6.45, 7) is 2.91. The zero-order chi connectivity index (χ0) is 19.8. The summed E-state index contributed by atoms with van der Waals surface area (Å²) < 4.78 is 0. The van der Waals surface area contributed by atoms with E-state index in [2.05, 4.69) is 30.9 Å². The molecule has 28 heavy (non-hydrogen) atoms. The van der Waals surface area contributed by atoms with E-state index in [9.17, 15) is 4.79 Å². The van der Waals surface area contributed by atoms with Crippen LogP contribution in [-0.4, -0.2) is 33.9 Å². The van der Waals surface area contributed by atoms with Crippen LogP contribution >= 0.6 is 0 Å². The molecule has 0 fully saturated rings. The standard InChI is InChI=1S/C20H19N7O/c1-14-6-7-22-18(10-14)27-19-11-17(25-13-26-19)23-8-9-24-20(28)16-4-2-15(12-21)3-5-16/h2-7,10-11,13H,8-9H2,1H3,(H,24,28)(H2,22,23,25,26,27). The Morgan fingerprint density at radius 1 is 1.00 bits per heavy atom. The predicted molar refractivity (Wildman–Crippen MR) is 106 cm³/mol. The van der Waals surface area contributed by atoms with Gasteiger partial charge in [0.25, 0.3) is 5.91 Å². The number of hydrogen-bond donors (Lipinski definition) is 3. The molecule has 0 radical (unpaired) electrons. The number of pyridine rings is 1. The van der Waals surface area contributed by atoms with Crippen molar-refractivity contribution in [3.05, 3.63) is 71.7 Å². The van der Waals surface area contributed by atoms with Crippen molar-refractivity contribution < 1.29 is 4.79 Å². The second-order valence-corrected chi connectivity index (χ2v) is 6.00. The highest BCUT2D eigenvalue weighted by Crippen LogP contribution is 2.14. The van der Waals surface area contributed by atoms with Crippen LogP contribution in [0.2, 0.25) is 0 Å². The number of amides is 1. The summed E-state index contributed by atoms with van der Waals surface area (Å²) in [4.78, 5) is 24.7. The van der Waals surface area contributed by atoms with E-state index < -0.39 is 0 Å². The lowest BCUT2D eigenvalue weighted by Crippen LogP contribution is -2.28. The summed E-state index contributed by atoms with van der Waals surface area (Å²) in [6.07, 6.45) is 3.18. The smallest absolute Gasteiger partial charge is 0.251 e. The number of carbonyl (C=O) groups excluding carboxylic acids is 1. The molecule has 3 N–H and O–H groups in total. The number of benzene rings is 1. The average molecular weight is 373 g/mol. The van der Waals surface area contributed by atoms with Crippen LogP contribution in [0.4, 0.5) is 17.5 Å². The number of nitrogens with one attached hydrogen (secondary N) is 3. The molecule has 1 amide bonds. The van der Waals surface area contributed by atoms with Gasteiger partial charge in [-0.05, 0) is 48.9 Å². The number of anilines is 3. The Labute approximate surface area is 162 Å². The zero-order valence-corrected chi connectivity index (χ0v) is 15.3. The molecule has 0 saturated heterocycles. The van der Waals surface area contributed by atoms with Crippen molar-refractivity contribution in [3.8, 4) is 6.07 Å². The van der Waals surface area contributed by atoms with Crippen molar-refractivity contribution in [2.24, 2.45) is 0 Å². The first-order valence-electron chi connectivity index (χ1n) is 8.68. The summed E-state index contributed by atoms with van der Waals surface area (Å²) in [5.41, 5.74) is 2.13. The van der Waals surface area contributed by atoms with Crippen molar-refractivity contribution in [3.63, 3.8) is 0 Å². The lowest BCUT2D eigenvalue weighted by atomic mass is 10.1. The van der Waals surface area contributed by atoms with Gasteiger partial charge in [0.15, 0.2) is 0 Å². The fourth-order valence-corrected chi connectivity index (χ4v) is 2.42. The van der Waals surface area contributed by atoms with E-state index in [0.717, 1.165) is 5.56 Å². The summed E-state index contributed by atoms with van der Waals surface area (Å²) in [5.74, 6) is 1.77. The van der Waals surface area contributed by atoms with Gasteiger partial charge in [0.1, 0.15) is 23.8 Å². The quantitative estimate of drug-likeness (QED) is 0.545. The van der Waals surface area contributed by atoms with Crippen LogP contribution in [0, 0.1) is 18.3 Å². The summed E-state index contributed by atoms with van der Waals surface area (Å²) in [7, 11) is 0. The SMILES string of the molecule is Cc1ccnc(Nc2cc(NCCNC(=O)c3ccc(C#N)cc3)ncn2)c1. The largest absolute Gasteiger partial charge is 0.368 e. The monoisotopic (exact) mass is 373 g/mol. The number of rotatable bonds is 7. The van der Waals surface area contributed by atoms with Crippen LogP contribution in [-0.2, 0) is 0 Å². The van der Waals surface area contributed by atoms with Gasteiger partial charge < -0.3 is 16.0 Å². The molecule has 2 heterocycles. The number of carbonyl (C=O) groups is 1. The molecule has 3 aromatic rings. The maximum absolute atomic E-state index is 12.1. The Balaban J connectivity index is 1.48. The lowest BCUT2D eigenvalue weighted by Gasteiger charge is -2.09. The van der Waals surface area contributed by atoms with Crippen LogP contribution in [0.5, 0.6) is 0 Å². The first kappa shape index (κ1) is 18.8. The fraction of sp³-hybridized carbons (Fsp3) is 0.150. The van der Waals surface area contributed by atoms with Crippen LogP contribution in [0.15, 0.2) is 55.0 Å². The Bertz CT molecular complexity index is 996. The number of nitrogens with zero attached hydrogens (tertiary/aromatic N) is 4. The topological polar surface area (TPSA) is 116 Å². The molecular formula is C20H19N7O. The van der Waals surface area contributed by atoms with Crippen LogP contribution in [0.1, 0.15) is 21.5 Å². The predicted octanol–water partition coefficient (Wildman–Crippen LogP) is 2.64. The van der Waals surface area contributed by atoms with E-state index in [1.54, 1.807) is 36.5 Å². The maximum atomic E-state index is 12.1. The molecule has 8 heteroatoms.